The molecule has 0 aliphatic carbocycles. The number of ether oxygens (including phenoxy) is 1. The normalized spacial score (nSPS) is 11.9. The van der Waals surface area contributed by atoms with E-state index in [0.717, 1.165) is 24.4 Å². The van der Waals surface area contributed by atoms with Gasteiger partial charge >= 0.3 is 0 Å². The highest BCUT2D eigenvalue weighted by Gasteiger charge is 2.21. The van der Waals surface area contributed by atoms with Crippen molar-refractivity contribution in [1.82, 2.24) is 5.32 Å². The average Bonchev–Trinajstić information content (AvgIpc) is 2.67. The van der Waals surface area contributed by atoms with Crippen LogP contribution >= 0.6 is 12.2 Å². The fourth-order valence-electron chi connectivity index (χ4n) is 3.09. The third-order valence-electron chi connectivity index (χ3n) is 4.71. The molecule has 0 fully saturated rings. The van der Waals surface area contributed by atoms with Gasteiger partial charge < -0.3 is 20.3 Å². The summed E-state index contributed by atoms with van der Waals surface area (Å²) >= 11 is 5.49. The lowest BCUT2D eigenvalue weighted by Gasteiger charge is -2.24. The Balaban J connectivity index is 1.94. The second-order valence-electron chi connectivity index (χ2n) is 7.01. The van der Waals surface area contributed by atoms with Crippen LogP contribution in [0.5, 0.6) is 5.75 Å². The zero-order chi connectivity index (χ0) is 19.6. The fraction of sp³-hybridized carbons (Fsp3) is 0.409. The molecule has 0 saturated heterocycles. The van der Waals surface area contributed by atoms with Crippen LogP contribution in [-0.4, -0.2) is 32.9 Å². The number of hydrogen-bond acceptors (Lipinski definition) is 2. The largest absolute Gasteiger partial charge is 0.496 e. The first-order valence-electron chi connectivity index (χ1n) is 9.62. The number of rotatable bonds is 9. The van der Waals surface area contributed by atoms with Crippen molar-refractivity contribution in [2.45, 2.75) is 32.2 Å². The first kappa shape index (κ1) is 21.2. The summed E-state index contributed by atoms with van der Waals surface area (Å²) in [5, 5.41) is 7.27. The maximum absolute atomic E-state index is 5.53. The quantitative estimate of drug-likeness (QED) is 0.579. The number of unbranched alkanes of at least 4 members (excludes halogenated alkanes) is 1. The lowest BCUT2D eigenvalue weighted by Crippen LogP contribution is -3.07. The Labute approximate surface area is 168 Å². The van der Waals surface area contributed by atoms with E-state index in [1.165, 1.54) is 28.9 Å². The Kier molecular flexibility index (Phi) is 8.55. The minimum atomic E-state index is 0.234. The Bertz CT molecular complexity index is 716. The second-order valence-corrected chi connectivity index (χ2v) is 7.42. The molecule has 0 spiro atoms. The molecule has 5 heteroatoms. The Hall–Kier alpha value is -2.11. The van der Waals surface area contributed by atoms with Crippen molar-refractivity contribution in [2.75, 3.05) is 33.1 Å². The van der Waals surface area contributed by atoms with Gasteiger partial charge in [0.1, 0.15) is 11.8 Å². The van der Waals surface area contributed by atoms with Crippen LogP contribution in [0.2, 0.25) is 0 Å². The van der Waals surface area contributed by atoms with Gasteiger partial charge in [-0.05, 0) is 54.9 Å². The number of anilines is 1. The minimum Gasteiger partial charge on any atom is -0.496 e. The molecule has 2 aromatic carbocycles. The molecule has 2 rings (SSSR count). The molecule has 0 unspecified atom stereocenters. The molecule has 146 valence electrons. The number of likely N-dealkylation sites (N-methyl/N-ethyl adjacent to an activating group) is 1. The molecule has 27 heavy (non-hydrogen) atoms. The van der Waals surface area contributed by atoms with E-state index < -0.39 is 0 Å². The number of thiocarbonyl (C=S) groups is 1. The number of methoxy groups -OCH3 is 1. The SMILES string of the molecule is CCCCc1ccc(NC(=S)NC[C@@H](c2ccccc2OC)[NH+](C)C)cc1. The molecule has 2 aromatic rings. The fourth-order valence-corrected chi connectivity index (χ4v) is 3.29. The highest BCUT2D eigenvalue weighted by molar-refractivity contribution is 7.80. The van der Waals surface area contributed by atoms with Crippen LogP contribution in [-0.2, 0) is 6.42 Å². The zero-order valence-corrected chi connectivity index (χ0v) is 17.7. The lowest BCUT2D eigenvalue weighted by atomic mass is 10.0. The number of quaternary nitrogens is 1. The first-order valence-corrected chi connectivity index (χ1v) is 10.0. The van der Waals surface area contributed by atoms with Gasteiger partial charge in [0, 0.05) is 5.69 Å². The van der Waals surface area contributed by atoms with Crippen LogP contribution in [0, 0.1) is 0 Å². The summed E-state index contributed by atoms with van der Waals surface area (Å²) in [6, 6.07) is 16.9. The highest BCUT2D eigenvalue weighted by Crippen LogP contribution is 2.22. The van der Waals surface area contributed by atoms with E-state index in [2.05, 4.69) is 62.0 Å². The monoisotopic (exact) mass is 386 g/mol. The summed E-state index contributed by atoms with van der Waals surface area (Å²) in [5.74, 6) is 0.909. The van der Waals surface area contributed by atoms with Crippen LogP contribution < -0.4 is 20.3 Å². The van der Waals surface area contributed by atoms with Crippen molar-refractivity contribution >= 4 is 23.0 Å². The minimum absolute atomic E-state index is 0.234. The van der Waals surface area contributed by atoms with E-state index >= 15 is 0 Å². The predicted molar refractivity (Wildman–Crippen MR) is 118 cm³/mol. The molecule has 3 N–H and O–H groups in total. The van der Waals surface area contributed by atoms with Gasteiger partial charge in [0.05, 0.1) is 33.3 Å². The molecule has 0 aliphatic rings. The average molecular weight is 387 g/mol. The summed E-state index contributed by atoms with van der Waals surface area (Å²) in [5.41, 5.74) is 3.56. The maximum atomic E-state index is 5.53. The van der Waals surface area contributed by atoms with Gasteiger partial charge in [-0.3, -0.25) is 0 Å². The number of benzene rings is 2. The Morgan fingerprint density at radius 2 is 1.81 bits per heavy atom. The van der Waals surface area contributed by atoms with Crippen LogP contribution in [0.1, 0.15) is 36.9 Å². The van der Waals surface area contributed by atoms with E-state index in [-0.39, 0.29) is 6.04 Å². The third-order valence-corrected chi connectivity index (χ3v) is 4.96. The summed E-state index contributed by atoms with van der Waals surface area (Å²) in [6.07, 6.45) is 3.57. The molecule has 0 amide bonds. The predicted octanol–water partition coefficient (Wildman–Crippen LogP) is 3.21. The van der Waals surface area contributed by atoms with Gasteiger partial charge in [-0.1, -0.05) is 37.6 Å². The van der Waals surface area contributed by atoms with Crippen molar-refractivity contribution in [3.05, 3.63) is 59.7 Å². The summed E-state index contributed by atoms with van der Waals surface area (Å²) in [6.45, 7) is 2.94. The number of para-hydroxylation sites is 1. The van der Waals surface area contributed by atoms with E-state index in [9.17, 15) is 0 Å². The molecule has 0 saturated carbocycles. The summed E-state index contributed by atoms with van der Waals surface area (Å²) in [4.78, 5) is 1.31. The molecule has 0 heterocycles. The van der Waals surface area contributed by atoms with Crippen LogP contribution in [0.4, 0.5) is 5.69 Å². The summed E-state index contributed by atoms with van der Waals surface area (Å²) in [7, 11) is 6.00. The molecule has 0 aliphatic heterocycles. The smallest absolute Gasteiger partial charge is 0.171 e. The third kappa shape index (κ3) is 6.52. The molecule has 0 radical (unpaired) electrons. The van der Waals surface area contributed by atoms with Crippen LogP contribution in [0.25, 0.3) is 0 Å². The van der Waals surface area contributed by atoms with E-state index in [1.807, 2.05) is 18.2 Å². The second kappa shape index (κ2) is 10.9. The summed E-state index contributed by atoms with van der Waals surface area (Å²) < 4.78 is 5.53. The number of nitrogens with one attached hydrogen (secondary N) is 3. The van der Waals surface area contributed by atoms with Crippen LogP contribution in [0.15, 0.2) is 48.5 Å². The molecule has 4 nitrogen and oxygen atoms in total. The molecule has 0 bridgehead atoms. The zero-order valence-electron chi connectivity index (χ0n) is 16.8. The van der Waals surface area contributed by atoms with Crippen molar-refractivity contribution in [3.63, 3.8) is 0 Å². The molecule has 0 aromatic heterocycles. The molecule has 1 atom stereocenters. The first-order chi connectivity index (χ1) is 13.0. The van der Waals surface area contributed by atoms with Gasteiger partial charge in [0.25, 0.3) is 0 Å². The van der Waals surface area contributed by atoms with Gasteiger partial charge in [0.15, 0.2) is 5.11 Å². The van der Waals surface area contributed by atoms with Gasteiger partial charge in [-0.15, -0.1) is 0 Å². The lowest BCUT2D eigenvalue weighted by molar-refractivity contribution is -0.890. The van der Waals surface area contributed by atoms with Crippen LogP contribution in [0.3, 0.4) is 0 Å². The topological polar surface area (TPSA) is 37.7 Å². The van der Waals surface area contributed by atoms with Gasteiger partial charge in [-0.2, -0.15) is 0 Å². The molecular weight excluding hydrogens is 354 g/mol. The van der Waals surface area contributed by atoms with Gasteiger partial charge in [0.2, 0.25) is 0 Å². The van der Waals surface area contributed by atoms with E-state index in [4.69, 9.17) is 17.0 Å². The van der Waals surface area contributed by atoms with Crippen molar-refractivity contribution < 1.29 is 9.64 Å². The van der Waals surface area contributed by atoms with Gasteiger partial charge in [-0.25, -0.2) is 0 Å². The van der Waals surface area contributed by atoms with Crippen molar-refractivity contribution in [3.8, 4) is 5.75 Å². The number of hydrogen-bond donors (Lipinski definition) is 3. The molecular formula is C22H32N3OS+. The number of aryl methyl sites for hydroxylation is 1. The highest BCUT2D eigenvalue weighted by atomic mass is 32.1. The Morgan fingerprint density at radius 3 is 2.44 bits per heavy atom. The van der Waals surface area contributed by atoms with Crippen molar-refractivity contribution in [1.29, 1.82) is 0 Å². The van der Waals surface area contributed by atoms with E-state index in [0.29, 0.717) is 5.11 Å². The standard InChI is InChI=1S/C22H31N3OS/c1-5-6-9-17-12-14-18(15-13-17)24-22(27)23-16-20(25(2)3)19-10-7-8-11-21(19)26-4/h7-8,10-15,20H,5-6,9,16H2,1-4H3,(H2,23,24,27)/p+1/t20-/m0/s1. The maximum Gasteiger partial charge on any atom is 0.171 e. The van der Waals surface area contributed by atoms with E-state index in [1.54, 1.807) is 7.11 Å². The Morgan fingerprint density at radius 1 is 1.11 bits per heavy atom. The van der Waals surface area contributed by atoms with Crippen molar-refractivity contribution in [2.24, 2.45) is 0 Å².